The van der Waals surface area contributed by atoms with Crippen molar-refractivity contribution in [2.24, 2.45) is 0 Å². The molecular formula is C9H4Br6O4. The van der Waals surface area contributed by atoms with Crippen LogP contribution in [0.4, 0.5) is 0 Å². The predicted molar refractivity (Wildman–Crippen MR) is 93.7 cm³/mol. The molecule has 0 unspecified atom stereocenters. The van der Waals surface area contributed by atoms with Crippen molar-refractivity contribution in [3.8, 4) is 11.5 Å². The highest BCUT2D eigenvalue weighted by molar-refractivity contribution is 9.39. The van der Waals surface area contributed by atoms with Crippen LogP contribution in [-0.2, 0) is 0 Å². The normalized spacial score (nSPS) is 12.1. The number of benzene rings is 1. The molecule has 4 nitrogen and oxygen atoms in total. The zero-order valence-electron chi connectivity index (χ0n) is 8.67. The second-order valence-electron chi connectivity index (χ2n) is 3.06. The van der Waals surface area contributed by atoms with Crippen molar-refractivity contribution in [2.75, 3.05) is 0 Å². The van der Waals surface area contributed by atoms with Crippen LogP contribution in [0.25, 0.3) is 0 Å². The van der Waals surface area contributed by atoms with Crippen molar-refractivity contribution in [3.63, 3.8) is 0 Å². The van der Waals surface area contributed by atoms with Gasteiger partial charge in [-0.15, -0.1) is 0 Å². The van der Waals surface area contributed by atoms with Gasteiger partial charge in [-0.3, -0.25) is 0 Å². The molecule has 0 aliphatic rings. The van der Waals surface area contributed by atoms with Crippen molar-refractivity contribution in [3.05, 3.63) is 23.8 Å². The molecule has 1 rings (SSSR count). The van der Waals surface area contributed by atoms with Crippen LogP contribution in [0.1, 0.15) is 10.4 Å². The third-order valence-corrected chi connectivity index (χ3v) is 2.61. The number of alkyl halides is 6. The minimum atomic E-state index is -1.07. The maximum absolute atomic E-state index is 11.0. The molecule has 0 aliphatic heterocycles. The quantitative estimate of drug-likeness (QED) is 0.423. The van der Waals surface area contributed by atoms with Crippen LogP contribution in [0.15, 0.2) is 18.2 Å². The Kier molecular flexibility index (Phi) is 6.67. The minimum absolute atomic E-state index is 0.0726. The molecule has 1 aromatic rings. The Morgan fingerprint density at radius 2 is 1.42 bits per heavy atom. The average Bonchev–Trinajstić information content (AvgIpc) is 2.15. The first-order chi connectivity index (χ1) is 8.48. The maximum Gasteiger partial charge on any atom is 0.335 e. The molecule has 106 valence electrons. The lowest BCUT2D eigenvalue weighted by molar-refractivity contribution is 0.0696. The molecule has 1 aromatic carbocycles. The van der Waals surface area contributed by atoms with Gasteiger partial charge in [0.2, 0.25) is 0 Å². The van der Waals surface area contributed by atoms with Gasteiger partial charge < -0.3 is 14.6 Å². The van der Waals surface area contributed by atoms with Crippen LogP contribution in [-0.4, -0.2) is 15.7 Å². The van der Waals surface area contributed by atoms with E-state index in [4.69, 9.17) is 14.6 Å². The van der Waals surface area contributed by atoms with Crippen molar-refractivity contribution in [2.45, 2.75) is 4.66 Å². The summed E-state index contributed by atoms with van der Waals surface area (Å²) in [6.45, 7) is 0. The first-order valence-corrected chi connectivity index (χ1v) is 9.12. The fourth-order valence-electron chi connectivity index (χ4n) is 1.05. The number of rotatable bonds is 3. The van der Waals surface area contributed by atoms with Gasteiger partial charge in [-0.25, -0.2) is 4.79 Å². The number of ether oxygens (including phenoxy) is 2. The third kappa shape index (κ3) is 7.12. The molecule has 10 heteroatoms. The molecule has 0 radical (unpaired) electrons. The van der Waals surface area contributed by atoms with E-state index in [2.05, 4.69) is 95.6 Å². The zero-order chi connectivity index (χ0) is 14.8. The number of halogens is 6. The second kappa shape index (κ2) is 6.95. The largest absolute Gasteiger partial charge is 0.478 e. The summed E-state index contributed by atoms with van der Waals surface area (Å²) in [6, 6.07) is 4.23. The fourth-order valence-corrected chi connectivity index (χ4v) is 2.10. The summed E-state index contributed by atoms with van der Waals surface area (Å²) < 4.78 is 8.94. The van der Waals surface area contributed by atoms with Gasteiger partial charge in [0.05, 0.1) is 5.56 Å². The van der Waals surface area contributed by atoms with Gasteiger partial charge in [-0.1, -0.05) is 0 Å². The van der Waals surface area contributed by atoms with E-state index in [1.165, 1.54) is 18.2 Å². The van der Waals surface area contributed by atoms with E-state index in [0.29, 0.717) is 5.75 Å². The van der Waals surface area contributed by atoms with Crippen molar-refractivity contribution in [1.82, 2.24) is 0 Å². The lowest BCUT2D eigenvalue weighted by atomic mass is 10.2. The molecule has 0 aliphatic carbocycles. The molecule has 0 aromatic heterocycles. The minimum Gasteiger partial charge on any atom is -0.478 e. The molecule has 0 saturated carbocycles. The standard InChI is InChI=1S/C9H4Br6O4/c10-8(11,12)18-5-2-1-4(7(16)17)3-6(5)19-9(13,14)15/h1-3H,(H,16,17). The highest BCUT2D eigenvalue weighted by atomic mass is 80.0. The molecule has 19 heavy (non-hydrogen) atoms. The van der Waals surface area contributed by atoms with E-state index in [1.807, 2.05) is 0 Å². The molecule has 0 spiro atoms. The smallest absolute Gasteiger partial charge is 0.335 e. The van der Waals surface area contributed by atoms with Crippen LogP contribution < -0.4 is 9.47 Å². The molecule has 0 atom stereocenters. The molecular weight excluding hydrogens is 652 g/mol. The Labute approximate surface area is 159 Å². The highest BCUT2D eigenvalue weighted by Crippen LogP contribution is 2.44. The molecule has 0 saturated heterocycles. The average molecular weight is 656 g/mol. The number of hydrogen-bond donors (Lipinski definition) is 1. The Bertz CT molecular complexity index is 479. The van der Waals surface area contributed by atoms with Gasteiger partial charge in [0.25, 0.3) is 4.66 Å². The third-order valence-electron chi connectivity index (χ3n) is 1.64. The van der Waals surface area contributed by atoms with Gasteiger partial charge in [0.1, 0.15) is 0 Å². The first-order valence-electron chi connectivity index (χ1n) is 4.37. The summed E-state index contributed by atoms with van der Waals surface area (Å²) in [6.07, 6.45) is 0. The maximum atomic E-state index is 11.0. The summed E-state index contributed by atoms with van der Waals surface area (Å²) in [5.74, 6) is -0.532. The molecule has 0 fully saturated rings. The molecule has 0 amide bonds. The topological polar surface area (TPSA) is 55.8 Å². The Hall–Kier alpha value is 1.17. The van der Waals surface area contributed by atoms with Gasteiger partial charge in [-0.2, -0.15) is 0 Å². The Morgan fingerprint density at radius 3 is 1.84 bits per heavy atom. The number of aromatic carboxylic acids is 1. The van der Waals surface area contributed by atoms with Crippen LogP contribution in [0.3, 0.4) is 0 Å². The van der Waals surface area contributed by atoms with Crippen LogP contribution in [0.2, 0.25) is 0 Å². The van der Waals surface area contributed by atoms with Gasteiger partial charge in [-0.05, 0) is 114 Å². The zero-order valence-corrected chi connectivity index (χ0v) is 18.2. The van der Waals surface area contributed by atoms with Crippen LogP contribution in [0.5, 0.6) is 11.5 Å². The van der Waals surface area contributed by atoms with Crippen molar-refractivity contribution < 1.29 is 19.4 Å². The monoisotopic (exact) mass is 650 g/mol. The molecule has 0 heterocycles. The molecule has 1 N–H and O–H groups in total. The highest BCUT2D eigenvalue weighted by Gasteiger charge is 2.26. The summed E-state index contributed by atoms with van der Waals surface area (Å²) in [5, 5.41) is 8.97. The summed E-state index contributed by atoms with van der Waals surface area (Å²) in [7, 11) is 0. The fraction of sp³-hybridized carbons (Fsp3) is 0.222. The van der Waals surface area contributed by atoms with Crippen molar-refractivity contribution in [1.29, 1.82) is 0 Å². The van der Waals surface area contributed by atoms with Crippen molar-refractivity contribution >= 4 is 102 Å². The van der Waals surface area contributed by atoms with Gasteiger partial charge in [0, 0.05) is 0 Å². The number of hydrogen-bond acceptors (Lipinski definition) is 3. The summed E-state index contributed by atoms with van der Waals surface area (Å²) in [5.41, 5.74) is 0.0726. The van der Waals surface area contributed by atoms with Crippen LogP contribution in [0, 0.1) is 0 Å². The lowest BCUT2D eigenvalue weighted by Crippen LogP contribution is -2.15. The Balaban J connectivity index is 3.19. The van der Waals surface area contributed by atoms with E-state index in [1.54, 1.807) is 0 Å². The van der Waals surface area contributed by atoms with Crippen LogP contribution >= 0.6 is 95.6 Å². The number of carboxylic acids is 1. The van der Waals surface area contributed by atoms with Gasteiger partial charge >= 0.3 is 5.97 Å². The van der Waals surface area contributed by atoms with Gasteiger partial charge in [0.15, 0.2) is 11.5 Å². The Morgan fingerprint density at radius 1 is 0.947 bits per heavy atom. The van der Waals surface area contributed by atoms with E-state index in [9.17, 15) is 4.79 Å². The lowest BCUT2D eigenvalue weighted by Gasteiger charge is -2.21. The predicted octanol–water partition coefficient (Wildman–Crippen LogP) is 5.73. The van der Waals surface area contributed by atoms with E-state index in [-0.39, 0.29) is 11.3 Å². The van der Waals surface area contributed by atoms with E-state index < -0.39 is 10.6 Å². The van der Waals surface area contributed by atoms with E-state index in [0.717, 1.165) is 0 Å². The number of carboxylic acid groups (broad SMARTS) is 1. The molecule has 0 bridgehead atoms. The SMILES string of the molecule is O=C(O)c1ccc(OC(Br)(Br)Br)c(OC(Br)(Br)Br)c1. The first kappa shape index (κ1) is 18.2. The summed E-state index contributed by atoms with van der Waals surface area (Å²) >= 11 is 19.0. The van der Waals surface area contributed by atoms with E-state index >= 15 is 0 Å². The second-order valence-corrected chi connectivity index (χ2v) is 16.1. The summed E-state index contributed by atoms with van der Waals surface area (Å²) in [4.78, 5) is 11.0. The number of carbonyl (C=O) groups is 1.